The smallest absolute Gasteiger partial charge is 0.164 e. The topological polar surface area (TPSA) is 47.9 Å². The van der Waals surface area contributed by atoms with Gasteiger partial charge in [-0.1, -0.05) is 30.3 Å². The zero-order chi connectivity index (χ0) is 14.8. The monoisotopic (exact) mass is 286 g/mol. The molecule has 21 heavy (non-hydrogen) atoms. The van der Waals surface area contributed by atoms with E-state index in [1.54, 1.807) is 14.2 Å². The van der Waals surface area contributed by atoms with E-state index in [-0.39, 0.29) is 12.5 Å². The van der Waals surface area contributed by atoms with Crippen molar-refractivity contribution in [3.8, 4) is 17.2 Å². The quantitative estimate of drug-likeness (QED) is 0.942. The number of methoxy groups -OCH3 is 2. The molecule has 2 atom stereocenters. The third kappa shape index (κ3) is 2.43. The summed E-state index contributed by atoms with van der Waals surface area (Å²) in [4.78, 5) is 0. The van der Waals surface area contributed by atoms with Crippen LogP contribution >= 0.6 is 0 Å². The van der Waals surface area contributed by atoms with Crippen LogP contribution in [0.25, 0.3) is 0 Å². The van der Waals surface area contributed by atoms with Crippen molar-refractivity contribution in [1.82, 2.24) is 0 Å². The lowest BCUT2D eigenvalue weighted by atomic mass is 9.84. The Balaban J connectivity index is 2.13. The Labute approximate surface area is 123 Å². The Morgan fingerprint density at radius 2 is 1.71 bits per heavy atom. The van der Waals surface area contributed by atoms with Gasteiger partial charge in [0.25, 0.3) is 0 Å². The van der Waals surface area contributed by atoms with Crippen LogP contribution in [0.3, 0.4) is 0 Å². The molecule has 3 rings (SSSR count). The first-order valence-electron chi connectivity index (χ1n) is 6.86. The molecule has 2 aromatic carbocycles. The highest BCUT2D eigenvalue weighted by Gasteiger charge is 2.32. The van der Waals surface area contributed by atoms with Crippen LogP contribution in [0.2, 0.25) is 0 Å². The molecule has 1 heterocycles. The summed E-state index contributed by atoms with van der Waals surface area (Å²) in [6, 6.07) is 13.6. The summed E-state index contributed by atoms with van der Waals surface area (Å²) in [5, 5.41) is 10.4. The number of fused-ring (bicyclic) bond motifs is 1. The molecular weight excluding hydrogens is 268 g/mol. The van der Waals surface area contributed by atoms with Gasteiger partial charge in [-0.05, 0) is 11.6 Å². The molecule has 0 amide bonds. The number of benzene rings is 2. The second-order valence-corrected chi connectivity index (χ2v) is 5.01. The highest BCUT2D eigenvalue weighted by atomic mass is 16.5. The Bertz CT molecular complexity index is 624. The van der Waals surface area contributed by atoms with Crippen LogP contribution in [-0.4, -0.2) is 32.0 Å². The Hall–Kier alpha value is -2.20. The molecule has 0 saturated carbocycles. The van der Waals surface area contributed by atoms with Crippen LogP contribution in [0.15, 0.2) is 42.5 Å². The van der Waals surface area contributed by atoms with Gasteiger partial charge in [0.1, 0.15) is 12.4 Å². The Morgan fingerprint density at radius 1 is 1.05 bits per heavy atom. The molecule has 4 heteroatoms. The minimum Gasteiger partial charge on any atom is -0.493 e. The minimum atomic E-state index is -0.585. The second kappa shape index (κ2) is 5.66. The molecule has 1 aliphatic rings. The van der Waals surface area contributed by atoms with Crippen LogP contribution in [0.5, 0.6) is 17.2 Å². The highest BCUT2D eigenvalue weighted by molar-refractivity contribution is 5.55. The zero-order valence-electron chi connectivity index (χ0n) is 12.1. The van der Waals surface area contributed by atoms with Crippen molar-refractivity contribution in [2.24, 2.45) is 0 Å². The van der Waals surface area contributed by atoms with Gasteiger partial charge in [0.2, 0.25) is 0 Å². The van der Waals surface area contributed by atoms with Crippen molar-refractivity contribution in [3.63, 3.8) is 0 Å². The van der Waals surface area contributed by atoms with Gasteiger partial charge in [0, 0.05) is 17.5 Å². The summed E-state index contributed by atoms with van der Waals surface area (Å²) in [5.41, 5.74) is 1.97. The fourth-order valence-electron chi connectivity index (χ4n) is 2.78. The normalized spacial score (nSPS) is 20.3. The molecule has 1 aliphatic heterocycles. The molecule has 0 aliphatic carbocycles. The zero-order valence-corrected chi connectivity index (χ0v) is 12.1. The number of aliphatic hydroxyl groups excluding tert-OH is 1. The maximum Gasteiger partial charge on any atom is 0.164 e. The van der Waals surface area contributed by atoms with E-state index in [0.29, 0.717) is 11.5 Å². The van der Waals surface area contributed by atoms with E-state index in [4.69, 9.17) is 14.2 Å². The fourth-order valence-corrected chi connectivity index (χ4v) is 2.78. The van der Waals surface area contributed by atoms with Gasteiger partial charge in [-0.15, -0.1) is 0 Å². The molecule has 4 nitrogen and oxygen atoms in total. The van der Waals surface area contributed by atoms with Gasteiger partial charge in [-0.2, -0.15) is 0 Å². The molecule has 0 spiro atoms. The Kier molecular flexibility index (Phi) is 3.71. The molecular formula is C17H18O4. The maximum absolute atomic E-state index is 10.4. The number of hydrogen-bond acceptors (Lipinski definition) is 4. The van der Waals surface area contributed by atoms with E-state index in [2.05, 4.69) is 0 Å². The van der Waals surface area contributed by atoms with Gasteiger partial charge < -0.3 is 19.3 Å². The van der Waals surface area contributed by atoms with E-state index in [9.17, 15) is 5.11 Å². The average molecular weight is 286 g/mol. The third-order valence-corrected chi connectivity index (χ3v) is 3.80. The second-order valence-electron chi connectivity index (χ2n) is 5.01. The van der Waals surface area contributed by atoms with Gasteiger partial charge in [-0.25, -0.2) is 0 Å². The SMILES string of the molecule is COc1cc2c(cc1OC)[C@@H](c1ccccc1)[C@H](O)CO2. The van der Waals surface area contributed by atoms with Crippen LogP contribution < -0.4 is 14.2 Å². The molecule has 0 radical (unpaired) electrons. The number of aliphatic hydroxyl groups is 1. The highest BCUT2D eigenvalue weighted by Crippen LogP contribution is 2.44. The lowest BCUT2D eigenvalue weighted by Gasteiger charge is -2.31. The first-order valence-corrected chi connectivity index (χ1v) is 6.86. The van der Waals surface area contributed by atoms with Crippen LogP contribution in [0.4, 0.5) is 0 Å². The lowest BCUT2D eigenvalue weighted by molar-refractivity contribution is 0.0767. The Morgan fingerprint density at radius 3 is 2.38 bits per heavy atom. The number of rotatable bonds is 3. The standard InChI is InChI=1S/C17H18O4/c1-19-15-8-12-14(9-16(15)20-2)21-10-13(18)17(12)11-6-4-3-5-7-11/h3-9,13,17-18H,10H2,1-2H3/t13-,17-/m1/s1. The summed E-state index contributed by atoms with van der Waals surface area (Å²) in [6.07, 6.45) is -0.585. The van der Waals surface area contributed by atoms with Crippen LogP contribution in [0, 0.1) is 0 Å². The van der Waals surface area contributed by atoms with Crippen molar-refractivity contribution in [3.05, 3.63) is 53.6 Å². The predicted octanol–water partition coefficient (Wildman–Crippen LogP) is 2.59. The van der Waals surface area contributed by atoms with E-state index in [0.717, 1.165) is 16.9 Å². The first-order chi connectivity index (χ1) is 10.2. The van der Waals surface area contributed by atoms with E-state index in [1.807, 2.05) is 42.5 Å². The third-order valence-electron chi connectivity index (χ3n) is 3.80. The van der Waals surface area contributed by atoms with Crippen LogP contribution in [-0.2, 0) is 0 Å². The molecule has 0 aromatic heterocycles. The molecule has 0 unspecified atom stereocenters. The van der Waals surface area contributed by atoms with E-state index < -0.39 is 6.10 Å². The predicted molar refractivity (Wildman–Crippen MR) is 79.3 cm³/mol. The van der Waals surface area contributed by atoms with Crippen molar-refractivity contribution in [2.75, 3.05) is 20.8 Å². The average Bonchev–Trinajstić information content (AvgIpc) is 2.54. The van der Waals surface area contributed by atoms with Crippen LogP contribution in [0.1, 0.15) is 17.0 Å². The summed E-state index contributed by atoms with van der Waals surface area (Å²) in [5.74, 6) is 1.86. The van der Waals surface area contributed by atoms with Gasteiger partial charge >= 0.3 is 0 Å². The van der Waals surface area contributed by atoms with E-state index in [1.165, 1.54) is 0 Å². The first kappa shape index (κ1) is 13.8. The van der Waals surface area contributed by atoms with Gasteiger partial charge in [-0.3, -0.25) is 0 Å². The fraction of sp³-hybridized carbons (Fsp3) is 0.294. The van der Waals surface area contributed by atoms with Crippen molar-refractivity contribution >= 4 is 0 Å². The molecule has 1 N–H and O–H groups in total. The molecule has 0 fully saturated rings. The summed E-state index contributed by atoms with van der Waals surface area (Å²) >= 11 is 0. The molecule has 0 bridgehead atoms. The summed E-state index contributed by atoms with van der Waals surface area (Å²) < 4.78 is 16.3. The summed E-state index contributed by atoms with van der Waals surface area (Å²) in [6.45, 7) is 0.266. The largest absolute Gasteiger partial charge is 0.493 e. The number of hydrogen-bond donors (Lipinski definition) is 1. The molecule has 0 saturated heterocycles. The van der Waals surface area contributed by atoms with Gasteiger partial charge in [0.15, 0.2) is 11.5 Å². The lowest BCUT2D eigenvalue weighted by Crippen LogP contribution is -2.31. The maximum atomic E-state index is 10.4. The minimum absolute atomic E-state index is 0.130. The molecule has 2 aromatic rings. The van der Waals surface area contributed by atoms with Gasteiger partial charge in [0.05, 0.1) is 20.3 Å². The number of ether oxygens (including phenoxy) is 3. The van der Waals surface area contributed by atoms with Crippen molar-refractivity contribution in [1.29, 1.82) is 0 Å². The van der Waals surface area contributed by atoms with Crippen molar-refractivity contribution < 1.29 is 19.3 Å². The van der Waals surface area contributed by atoms with E-state index >= 15 is 0 Å². The van der Waals surface area contributed by atoms with Crippen molar-refractivity contribution in [2.45, 2.75) is 12.0 Å². The molecule has 110 valence electrons. The summed E-state index contributed by atoms with van der Waals surface area (Å²) in [7, 11) is 3.19.